The van der Waals surface area contributed by atoms with Crippen molar-refractivity contribution in [3.05, 3.63) is 11.1 Å². The zero-order valence-electron chi connectivity index (χ0n) is 10.9. The molecule has 88 valence electrons. The molecule has 4 atom stereocenters. The van der Waals surface area contributed by atoms with Gasteiger partial charge >= 0.3 is 0 Å². The van der Waals surface area contributed by atoms with Gasteiger partial charge in [-0.3, -0.25) is 4.79 Å². The molecule has 0 N–H and O–H groups in total. The zero-order chi connectivity index (χ0) is 11.7. The van der Waals surface area contributed by atoms with Gasteiger partial charge in [0.05, 0.1) is 0 Å². The Labute approximate surface area is 98.3 Å². The highest BCUT2D eigenvalue weighted by atomic mass is 16.1. The summed E-state index contributed by atoms with van der Waals surface area (Å²) in [6, 6.07) is 0. The molecule has 3 aliphatic carbocycles. The monoisotopic (exact) mass is 218 g/mol. The van der Waals surface area contributed by atoms with E-state index in [2.05, 4.69) is 27.7 Å². The molecule has 0 aromatic carbocycles. The van der Waals surface area contributed by atoms with Crippen LogP contribution >= 0.6 is 0 Å². The van der Waals surface area contributed by atoms with Gasteiger partial charge in [0.15, 0.2) is 5.78 Å². The second-order valence-electron chi connectivity index (χ2n) is 6.54. The molecule has 1 spiro atoms. The zero-order valence-corrected chi connectivity index (χ0v) is 10.9. The number of Topliss-reactive ketones (excluding diaryl/α,β-unsaturated/α-hetero) is 1. The Hall–Kier alpha value is -0.590. The maximum Gasteiger partial charge on any atom is 0.165 e. The predicted molar refractivity (Wildman–Crippen MR) is 65.0 cm³/mol. The van der Waals surface area contributed by atoms with Crippen LogP contribution in [0.4, 0.5) is 0 Å². The van der Waals surface area contributed by atoms with Gasteiger partial charge in [-0.15, -0.1) is 0 Å². The van der Waals surface area contributed by atoms with Gasteiger partial charge in [0.1, 0.15) is 0 Å². The Morgan fingerprint density at radius 3 is 2.56 bits per heavy atom. The molecular formula is C15H22O. The summed E-state index contributed by atoms with van der Waals surface area (Å²) >= 11 is 0. The smallest absolute Gasteiger partial charge is 0.165 e. The maximum atomic E-state index is 12.5. The molecule has 0 aromatic heterocycles. The lowest BCUT2D eigenvalue weighted by Gasteiger charge is -2.39. The number of ketones is 1. The summed E-state index contributed by atoms with van der Waals surface area (Å²) < 4.78 is 0. The van der Waals surface area contributed by atoms with Crippen molar-refractivity contribution in [2.75, 3.05) is 0 Å². The van der Waals surface area contributed by atoms with Crippen molar-refractivity contribution in [2.24, 2.45) is 22.7 Å². The van der Waals surface area contributed by atoms with Gasteiger partial charge in [0.25, 0.3) is 0 Å². The van der Waals surface area contributed by atoms with Crippen LogP contribution in [0, 0.1) is 22.7 Å². The first-order valence-corrected chi connectivity index (χ1v) is 6.68. The van der Waals surface area contributed by atoms with E-state index in [1.807, 2.05) is 0 Å². The first-order valence-electron chi connectivity index (χ1n) is 6.68. The molecule has 0 unspecified atom stereocenters. The van der Waals surface area contributed by atoms with E-state index in [0.29, 0.717) is 5.78 Å². The van der Waals surface area contributed by atoms with E-state index in [4.69, 9.17) is 0 Å². The van der Waals surface area contributed by atoms with Crippen LogP contribution in [-0.2, 0) is 4.79 Å². The minimum Gasteiger partial charge on any atom is -0.294 e. The van der Waals surface area contributed by atoms with E-state index in [-0.39, 0.29) is 10.8 Å². The quantitative estimate of drug-likeness (QED) is 0.605. The fourth-order valence-corrected chi connectivity index (χ4v) is 5.33. The lowest BCUT2D eigenvalue weighted by molar-refractivity contribution is -0.126. The van der Waals surface area contributed by atoms with E-state index in [1.165, 1.54) is 24.8 Å². The standard InChI is InChI=1S/C15H22O/c1-9-5-8-15-11(3)10(2)13(16)14(15,4)7-6-12(9)15/h9,12H,5-8H2,1-4H3/t9-,12+,14+,15+/m0/s1. The van der Waals surface area contributed by atoms with E-state index in [1.54, 1.807) is 0 Å². The second-order valence-corrected chi connectivity index (χ2v) is 6.54. The first kappa shape index (κ1) is 10.6. The molecule has 2 saturated carbocycles. The van der Waals surface area contributed by atoms with Crippen molar-refractivity contribution in [2.45, 2.75) is 53.4 Å². The summed E-state index contributed by atoms with van der Waals surface area (Å²) in [5, 5.41) is 0. The molecule has 0 bridgehead atoms. The van der Waals surface area contributed by atoms with Gasteiger partial charge in [-0.1, -0.05) is 19.4 Å². The Morgan fingerprint density at radius 1 is 1.19 bits per heavy atom. The fourth-order valence-electron chi connectivity index (χ4n) is 5.33. The summed E-state index contributed by atoms with van der Waals surface area (Å²) in [7, 11) is 0. The number of carbonyl (C=O) groups excluding carboxylic acids is 1. The van der Waals surface area contributed by atoms with Crippen LogP contribution in [-0.4, -0.2) is 5.78 Å². The first-order chi connectivity index (χ1) is 7.45. The summed E-state index contributed by atoms with van der Waals surface area (Å²) in [5.41, 5.74) is 2.73. The van der Waals surface area contributed by atoms with Crippen molar-refractivity contribution in [1.29, 1.82) is 0 Å². The number of rotatable bonds is 0. The van der Waals surface area contributed by atoms with E-state index >= 15 is 0 Å². The molecule has 3 rings (SSSR count). The van der Waals surface area contributed by atoms with Crippen LogP contribution in [0.15, 0.2) is 11.1 Å². The van der Waals surface area contributed by atoms with Crippen molar-refractivity contribution in [3.8, 4) is 0 Å². The lowest BCUT2D eigenvalue weighted by atomic mass is 9.63. The van der Waals surface area contributed by atoms with Gasteiger partial charge in [0.2, 0.25) is 0 Å². The van der Waals surface area contributed by atoms with Crippen LogP contribution in [0.1, 0.15) is 53.4 Å². The highest BCUT2D eigenvalue weighted by Crippen LogP contribution is 2.72. The van der Waals surface area contributed by atoms with Gasteiger partial charge in [-0.05, 0) is 56.9 Å². The third-order valence-corrected chi connectivity index (χ3v) is 6.33. The Balaban J connectivity index is 2.22. The average molecular weight is 218 g/mol. The molecule has 1 nitrogen and oxygen atoms in total. The van der Waals surface area contributed by atoms with E-state index in [0.717, 1.165) is 23.8 Å². The molecule has 0 heterocycles. The van der Waals surface area contributed by atoms with Crippen molar-refractivity contribution >= 4 is 5.78 Å². The average Bonchev–Trinajstić information content (AvgIpc) is 2.79. The van der Waals surface area contributed by atoms with Crippen LogP contribution in [0.3, 0.4) is 0 Å². The molecule has 0 saturated heterocycles. The van der Waals surface area contributed by atoms with Gasteiger partial charge in [0, 0.05) is 10.8 Å². The van der Waals surface area contributed by atoms with Gasteiger partial charge < -0.3 is 0 Å². The summed E-state index contributed by atoms with van der Waals surface area (Å²) in [4.78, 5) is 12.5. The maximum absolute atomic E-state index is 12.5. The Kier molecular flexibility index (Phi) is 1.85. The minimum absolute atomic E-state index is 0.0450. The molecule has 16 heavy (non-hydrogen) atoms. The lowest BCUT2D eigenvalue weighted by Crippen LogP contribution is -2.38. The topological polar surface area (TPSA) is 17.1 Å². The molecule has 0 aliphatic heterocycles. The predicted octanol–water partition coefficient (Wildman–Crippen LogP) is 3.74. The van der Waals surface area contributed by atoms with Crippen LogP contribution in [0.5, 0.6) is 0 Å². The number of allylic oxidation sites excluding steroid dienone is 2. The number of hydrogen-bond donors (Lipinski definition) is 0. The molecule has 1 heteroatoms. The van der Waals surface area contributed by atoms with E-state index < -0.39 is 0 Å². The van der Waals surface area contributed by atoms with Crippen molar-refractivity contribution in [1.82, 2.24) is 0 Å². The van der Waals surface area contributed by atoms with Gasteiger partial charge in [-0.2, -0.15) is 0 Å². The Morgan fingerprint density at radius 2 is 1.88 bits per heavy atom. The SMILES string of the molecule is CC1=C(C)[C@]23CC[C@H](C)[C@H]2CC[C@]3(C)C1=O. The summed E-state index contributed by atoms with van der Waals surface area (Å²) in [5.74, 6) is 2.05. The fraction of sp³-hybridized carbons (Fsp3) is 0.800. The number of carbonyl (C=O) groups is 1. The van der Waals surface area contributed by atoms with E-state index in [9.17, 15) is 4.79 Å². The molecule has 0 aromatic rings. The van der Waals surface area contributed by atoms with Gasteiger partial charge in [-0.25, -0.2) is 0 Å². The normalized spacial score (nSPS) is 51.1. The Bertz CT molecular complexity index is 406. The van der Waals surface area contributed by atoms with Crippen LogP contribution in [0.2, 0.25) is 0 Å². The van der Waals surface area contributed by atoms with Crippen LogP contribution < -0.4 is 0 Å². The molecule has 0 amide bonds. The second kappa shape index (κ2) is 2.80. The minimum atomic E-state index is -0.0450. The molecule has 0 radical (unpaired) electrons. The third kappa shape index (κ3) is 0.813. The molecule has 3 aliphatic rings. The highest BCUT2D eigenvalue weighted by molar-refractivity contribution is 6.04. The summed E-state index contributed by atoms with van der Waals surface area (Å²) in [6.45, 7) is 8.91. The van der Waals surface area contributed by atoms with Crippen molar-refractivity contribution < 1.29 is 4.79 Å². The number of hydrogen-bond acceptors (Lipinski definition) is 1. The highest BCUT2D eigenvalue weighted by Gasteiger charge is 2.68. The third-order valence-electron chi connectivity index (χ3n) is 6.33. The summed E-state index contributed by atoms with van der Waals surface area (Å²) in [6.07, 6.45) is 4.96. The van der Waals surface area contributed by atoms with Crippen LogP contribution in [0.25, 0.3) is 0 Å². The van der Waals surface area contributed by atoms with Crippen molar-refractivity contribution in [3.63, 3.8) is 0 Å². The molecule has 2 fully saturated rings. The molecular weight excluding hydrogens is 196 g/mol. The largest absolute Gasteiger partial charge is 0.294 e.